The molecule has 0 N–H and O–H groups in total. The number of likely N-dealkylation sites (tertiary alicyclic amines) is 1. The number of benzene rings is 1. The molecule has 3 heteroatoms. The quantitative estimate of drug-likeness (QED) is 0.702. The van der Waals surface area contributed by atoms with E-state index in [0.717, 1.165) is 31.1 Å². The van der Waals surface area contributed by atoms with Crippen LogP contribution < -0.4 is 0 Å². The lowest BCUT2D eigenvalue weighted by Crippen LogP contribution is -2.34. The van der Waals surface area contributed by atoms with Gasteiger partial charge in [-0.25, -0.2) is 0 Å². The molecule has 1 atom stereocenters. The van der Waals surface area contributed by atoms with E-state index in [1.54, 1.807) is 6.07 Å². The number of halogens is 2. The first kappa shape index (κ1) is 13.7. The smallest absolute Gasteiger partial charge is 0.0605 e. The zero-order chi connectivity index (χ0) is 13.0. The molecule has 1 aliphatic rings. The van der Waals surface area contributed by atoms with Gasteiger partial charge in [0.1, 0.15) is 0 Å². The highest BCUT2D eigenvalue weighted by Crippen LogP contribution is 2.20. The van der Waals surface area contributed by atoms with Crippen molar-refractivity contribution in [2.24, 2.45) is 5.92 Å². The first-order valence-electron chi connectivity index (χ1n) is 6.31. The zero-order valence-electron chi connectivity index (χ0n) is 10.5. The van der Waals surface area contributed by atoms with Crippen LogP contribution in [0, 0.1) is 17.8 Å². The van der Waals surface area contributed by atoms with Crippen LogP contribution in [0.5, 0.6) is 0 Å². The van der Waals surface area contributed by atoms with Crippen LogP contribution in [0.1, 0.15) is 25.3 Å². The molecule has 1 aliphatic heterocycles. The first-order valence-corrected chi connectivity index (χ1v) is 7.07. The van der Waals surface area contributed by atoms with Crippen LogP contribution >= 0.6 is 23.2 Å². The molecular formula is C15H17Cl2N. The van der Waals surface area contributed by atoms with Gasteiger partial charge in [0, 0.05) is 17.1 Å². The van der Waals surface area contributed by atoms with Crippen LogP contribution in [0.2, 0.25) is 10.0 Å². The maximum atomic E-state index is 6.07. The molecule has 0 amide bonds. The topological polar surface area (TPSA) is 3.24 Å². The molecule has 0 aromatic heterocycles. The van der Waals surface area contributed by atoms with E-state index < -0.39 is 0 Å². The molecule has 1 aromatic rings. The number of nitrogens with zero attached hydrogens (tertiary/aromatic N) is 1. The van der Waals surface area contributed by atoms with Crippen molar-refractivity contribution in [2.45, 2.75) is 19.8 Å². The van der Waals surface area contributed by atoms with Gasteiger partial charge in [0.05, 0.1) is 11.6 Å². The van der Waals surface area contributed by atoms with Crippen molar-refractivity contribution in [1.82, 2.24) is 4.90 Å². The summed E-state index contributed by atoms with van der Waals surface area (Å²) in [6.07, 6.45) is 2.62. The molecular weight excluding hydrogens is 265 g/mol. The van der Waals surface area contributed by atoms with Crippen molar-refractivity contribution in [2.75, 3.05) is 19.6 Å². The minimum absolute atomic E-state index is 0.627. The maximum Gasteiger partial charge on any atom is 0.0605 e. The normalized spacial score (nSPS) is 20.3. The summed E-state index contributed by atoms with van der Waals surface area (Å²) >= 11 is 11.9. The summed E-state index contributed by atoms with van der Waals surface area (Å²) < 4.78 is 0. The highest BCUT2D eigenvalue weighted by molar-refractivity contribution is 6.35. The van der Waals surface area contributed by atoms with Crippen LogP contribution in [0.4, 0.5) is 0 Å². The van der Waals surface area contributed by atoms with Crippen molar-refractivity contribution in [3.63, 3.8) is 0 Å². The Bertz CT molecular complexity index is 473. The number of piperidine rings is 1. The fourth-order valence-corrected chi connectivity index (χ4v) is 2.72. The molecule has 1 fully saturated rings. The molecule has 2 rings (SSSR count). The fourth-order valence-electron chi connectivity index (χ4n) is 2.27. The van der Waals surface area contributed by atoms with Crippen molar-refractivity contribution in [3.05, 3.63) is 33.8 Å². The van der Waals surface area contributed by atoms with E-state index >= 15 is 0 Å². The third kappa shape index (κ3) is 3.92. The number of hydrogen-bond donors (Lipinski definition) is 0. The Hall–Kier alpha value is -0.680. The number of hydrogen-bond acceptors (Lipinski definition) is 1. The van der Waals surface area contributed by atoms with E-state index in [-0.39, 0.29) is 0 Å². The fraction of sp³-hybridized carbons (Fsp3) is 0.467. The minimum Gasteiger partial charge on any atom is -0.292 e. The molecule has 0 radical (unpaired) electrons. The van der Waals surface area contributed by atoms with Gasteiger partial charge in [-0.15, -0.1) is 0 Å². The van der Waals surface area contributed by atoms with E-state index in [9.17, 15) is 0 Å². The lowest BCUT2D eigenvalue weighted by atomic mass is 10.0. The molecule has 1 nitrogen and oxygen atoms in total. The summed E-state index contributed by atoms with van der Waals surface area (Å²) in [6.45, 7) is 5.44. The molecule has 0 bridgehead atoms. The van der Waals surface area contributed by atoms with Crippen molar-refractivity contribution < 1.29 is 0 Å². The standard InChI is InChI=1S/C15H17Cl2N/c1-12-4-2-8-18(11-12)9-3-5-13-6-7-14(16)10-15(13)17/h6-7,10,12H,2,4,8-9,11H2,1H3. The van der Waals surface area contributed by atoms with E-state index in [4.69, 9.17) is 23.2 Å². The summed E-state index contributed by atoms with van der Waals surface area (Å²) in [7, 11) is 0. The molecule has 0 spiro atoms. The van der Waals surface area contributed by atoms with Gasteiger partial charge in [0.25, 0.3) is 0 Å². The third-order valence-electron chi connectivity index (χ3n) is 3.20. The van der Waals surface area contributed by atoms with E-state index in [1.165, 1.54) is 12.8 Å². The third-order valence-corrected chi connectivity index (χ3v) is 3.75. The Morgan fingerprint density at radius 3 is 2.94 bits per heavy atom. The maximum absolute atomic E-state index is 6.07. The Labute approximate surface area is 119 Å². The van der Waals surface area contributed by atoms with Gasteiger partial charge in [-0.3, -0.25) is 4.90 Å². The van der Waals surface area contributed by atoms with E-state index in [2.05, 4.69) is 23.7 Å². The second-order valence-electron chi connectivity index (χ2n) is 4.91. The van der Waals surface area contributed by atoms with Crippen LogP contribution in [-0.4, -0.2) is 24.5 Å². The van der Waals surface area contributed by atoms with Crippen LogP contribution in [-0.2, 0) is 0 Å². The molecule has 1 heterocycles. The summed E-state index contributed by atoms with van der Waals surface area (Å²) in [5.41, 5.74) is 0.853. The van der Waals surface area contributed by atoms with Gasteiger partial charge in [-0.05, 0) is 43.5 Å². The molecule has 0 aliphatic carbocycles. The monoisotopic (exact) mass is 281 g/mol. The van der Waals surface area contributed by atoms with Gasteiger partial charge < -0.3 is 0 Å². The summed E-state index contributed by atoms with van der Waals surface area (Å²) in [5, 5.41) is 1.28. The predicted octanol–water partition coefficient (Wildman–Crippen LogP) is 4.08. The summed E-state index contributed by atoms with van der Waals surface area (Å²) in [4.78, 5) is 2.41. The first-order chi connectivity index (χ1) is 8.65. The van der Waals surface area contributed by atoms with Crippen molar-refractivity contribution in [1.29, 1.82) is 0 Å². The lowest BCUT2D eigenvalue weighted by molar-refractivity contribution is 0.204. The van der Waals surface area contributed by atoms with Gasteiger partial charge >= 0.3 is 0 Å². The average Bonchev–Trinajstić information content (AvgIpc) is 2.32. The average molecular weight is 282 g/mol. The number of rotatable bonds is 1. The molecule has 1 saturated heterocycles. The predicted molar refractivity (Wildman–Crippen MR) is 78.2 cm³/mol. The van der Waals surface area contributed by atoms with Gasteiger partial charge in [-0.1, -0.05) is 42.0 Å². The van der Waals surface area contributed by atoms with Gasteiger partial charge in [-0.2, -0.15) is 0 Å². The Kier molecular flexibility index (Phi) is 4.95. The van der Waals surface area contributed by atoms with Crippen molar-refractivity contribution >= 4 is 23.2 Å². The highest BCUT2D eigenvalue weighted by Gasteiger charge is 2.14. The lowest BCUT2D eigenvalue weighted by Gasteiger charge is -2.28. The van der Waals surface area contributed by atoms with Crippen molar-refractivity contribution in [3.8, 4) is 11.8 Å². The van der Waals surface area contributed by atoms with Gasteiger partial charge in [0.15, 0.2) is 0 Å². The van der Waals surface area contributed by atoms with Crippen LogP contribution in [0.15, 0.2) is 18.2 Å². The summed E-state index contributed by atoms with van der Waals surface area (Å²) in [5.74, 6) is 7.11. The van der Waals surface area contributed by atoms with Gasteiger partial charge in [0.2, 0.25) is 0 Å². The Morgan fingerprint density at radius 1 is 1.39 bits per heavy atom. The Morgan fingerprint density at radius 2 is 2.22 bits per heavy atom. The van der Waals surface area contributed by atoms with Crippen LogP contribution in [0.25, 0.3) is 0 Å². The largest absolute Gasteiger partial charge is 0.292 e. The minimum atomic E-state index is 0.627. The summed E-state index contributed by atoms with van der Waals surface area (Å²) in [6, 6.07) is 5.42. The second-order valence-corrected chi connectivity index (χ2v) is 5.75. The highest BCUT2D eigenvalue weighted by atomic mass is 35.5. The van der Waals surface area contributed by atoms with E-state index in [1.807, 2.05) is 12.1 Å². The molecule has 1 unspecified atom stereocenters. The second kappa shape index (κ2) is 6.48. The van der Waals surface area contributed by atoms with Crippen LogP contribution in [0.3, 0.4) is 0 Å². The van der Waals surface area contributed by atoms with E-state index in [0.29, 0.717) is 10.0 Å². The molecule has 96 valence electrons. The molecule has 0 saturated carbocycles. The molecule has 1 aromatic carbocycles. The molecule has 18 heavy (non-hydrogen) atoms. The Balaban J connectivity index is 1.95. The zero-order valence-corrected chi connectivity index (χ0v) is 12.1. The SMILES string of the molecule is CC1CCCN(CC#Cc2ccc(Cl)cc2Cl)C1.